The Morgan fingerprint density at radius 1 is 1.11 bits per heavy atom. The molecule has 0 spiro atoms. The van der Waals surface area contributed by atoms with Gasteiger partial charge in [0.05, 0.1) is 0 Å². The van der Waals surface area contributed by atoms with E-state index < -0.39 is 0 Å². The van der Waals surface area contributed by atoms with Crippen molar-refractivity contribution in [2.24, 2.45) is 0 Å². The second-order valence-electron chi connectivity index (χ2n) is 4.08. The van der Waals surface area contributed by atoms with Crippen molar-refractivity contribution in [2.45, 2.75) is 11.4 Å². The minimum Gasteiger partial charge on any atom is -0.380 e. The van der Waals surface area contributed by atoms with Gasteiger partial charge in [-0.2, -0.15) is 0 Å². The van der Waals surface area contributed by atoms with E-state index in [0.717, 1.165) is 17.0 Å². The Bertz CT molecular complexity index is 537. The Balaban J connectivity index is 2.02. The second kappa shape index (κ2) is 7.00. The van der Waals surface area contributed by atoms with Gasteiger partial charge in [-0.25, -0.2) is 4.39 Å². The quantitative estimate of drug-likeness (QED) is 0.604. The van der Waals surface area contributed by atoms with E-state index in [9.17, 15) is 4.39 Å². The summed E-state index contributed by atoms with van der Waals surface area (Å²) in [7, 11) is 0. The van der Waals surface area contributed by atoms with Crippen LogP contribution in [0, 0.1) is 5.82 Å². The fourth-order valence-corrected chi connectivity index (χ4v) is 2.45. The molecule has 98 valence electrons. The molecule has 0 aliphatic rings. The number of para-hydroxylation sites is 1. The summed E-state index contributed by atoms with van der Waals surface area (Å²) in [5.74, 6) is 0.681. The smallest absolute Gasteiger partial charge is 0.123 e. The molecule has 1 N–H and O–H groups in total. The highest BCUT2D eigenvalue weighted by molar-refractivity contribution is 7.99. The number of anilines is 1. The minimum absolute atomic E-state index is 0.203. The molecular formula is C16H16FNS. The summed E-state index contributed by atoms with van der Waals surface area (Å²) >= 11 is 1.74. The molecule has 0 amide bonds. The van der Waals surface area contributed by atoms with E-state index in [1.54, 1.807) is 23.9 Å². The van der Waals surface area contributed by atoms with Gasteiger partial charge in [0.15, 0.2) is 0 Å². The maximum atomic E-state index is 12.8. The number of nitrogens with one attached hydrogen (secondary N) is 1. The highest BCUT2D eigenvalue weighted by Gasteiger charge is 2.01. The lowest BCUT2D eigenvalue weighted by molar-refractivity contribution is 0.627. The topological polar surface area (TPSA) is 12.0 Å². The molecule has 1 nitrogen and oxygen atoms in total. The molecule has 0 aliphatic heterocycles. The summed E-state index contributed by atoms with van der Waals surface area (Å²) in [5.41, 5.74) is 2.16. The zero-order chi connectivity index (χ0) is 13.5. The van der Waals surface area contributed by atoms with E-state index in [1.165, 1.54) is 17.0 Å². The molecule has 0 heterocycles. The van der Waals surface area contributed by atoms with E-state index >= 15 is 0 Å². The second-order valence-corrected chi connectivity index (χ2v) is 5.14. The summed E-state index contributed by atoms with van der Waals surface area (Å²) in [6, 6.07) is 14.7. The summed E-state index contributed by atoms with van der Waals surface area (Å²) in [6.07, 6.45) is 1.89. The molecular weight excluding hydrogens is 257 g/mol. The predicted octanol–water partition coefficient (Wildman–Crippen LogP) is 4.72. The van der Waals surface area contributed by atoms with Gasteiger partial charge in [0.2, 0.25) is 0 Å². The Kier molecular flexibility index (Phi) is 5.04. The molecule has 2 aromatic carbocycles. The van der Waals surface area contributed by atoms with Gasteiger partial charge in [0.25, 0.3) is 0 Å². The van der Waals surface area contributed by atoms with Crippen molar-refractivity contribution in [2.75, 3.05) is 11.1 Å². The lowest BCUT2D eigenvalue weighted by Crippen LogP contribution is -2.00. The first-order chi connectivity index (χ1) is 9.29. The highest BCUT2D eigenvalue weighted by atomic mass is 32.2. The molecule has 0 aliphatic carbocycles. The van der Waals surface area contributed by atoms with Crippen LogP contribution in [0.15, 0.2) is 66.1 Å². The summed E-state index contributed by atoms with van der Waals surface area (Å²) in [6.45, 7) is 4.42. The fourth-order valence-electron chi connectivity index (χ4n) is 1.69. The van der Waals surface area contributed by atoms with Crippen molar-refractivity contribution in [3.8, 4) is 0 Å². The molecule has 2 rings (SSSR count). The minimum atomic E-state index is -0.203. The van der Waals surface area contributed by atoms with Crippen LogP contribution < -0.4 is 5.32 Å². The molecule has 0 unspecified atom stereocenters. The Morgan fingerprint density at radius 3 is 2.58 bits per heavy atom. The molecule has 19 heavy (non-hydrogen) atoms. The van der Waals surface area contributed by atoms with Crippen LogP contribution in [-0.4, -0.2) is 5.75 Å². The van der Waals surface area contributed by atoms with Gasteiger partial charge in [-0.3, -0.25) is 0 Å². The van der Waals surface area contributed by atoms with Crippen LogP contribution in [0.3, 0.4) is 0 Å². The zero-order valence-corrected chi connectivity index (χ0v) is 11.4. The van der Waals surface area contributed by atoms with Crippen molar-refractivity contribution >= 4 is 17.4 Å². The molecule has 0 saturated carbocycles. The normalized spacial score (nSPS) is 10.2. The van der Waals surface area contributed by atoms with Crippen LogP contribution in [0.2, 0.25) is 0 Å². The van der Waals surface area contributed by atoms with E-state index in [4.69, 9.17) is 0 Å². The van der Waals surface area contributed by atoms with Crippen LogP contribution in [0.4, 0.5) is 10.1 Å². The summed E-state index contributed by atoms with van der Waals surface area (Å²) in [5, 5.41) is 3.38. The van der Waals surface area contributed by atoms with Crippen molar-refractivity contribution < 1.29 is 4.39 Å². The van der Waals surface area contributed by atoms with Crippen LogP contribution >= 0.6 is 11.8 Å². The van der Waals surface area contributed by atoms with Crippen molar-refractivity contribution in [3.05, 3.63) is 72.6 Å². The number of rotatable bonds is 6. The first kappa shape index (κ1) is 13.7. The molecule has 0 atom stereocenters. The monoisotopic (exact) mass is 273 g/mol. The van der Waals surface area contributed by atoms with E-state index in [1.807, 2.05) is 18.2 Å². The van der Waals surface area contributed by atoms with Crippen LogP contribution in [-0.2, 0) is 6.54 Å². The SMILES string of the molecule is C=CCSc1ccccc1NCc1ccc(F)cc1. The molecule has 0 saturated heterocycles. The highest BCUT2D eigenvalue weighted by Crippen LogP contribution is 2.27. The van der Waals surface area contributed by atoms with Crippen molar-refractivity contribution in [1.29, 1.82) is 0 Å². The fraction of sp³-hybridized carbons (Fsp3) is 0.125. The van der Waals surface area contributed by atoms with Gasteiger partial charge >= 0.3 is 0 Å². The number of hydrogen-bond donors (Lipinski definition) is 1. The lowest BCUT2D eigenvalue weighted by Gasteiger charge is -2.11. The Morgan fingerprint density at radius 2 is 1.84 bits per heavy atom. The maximum Gasteiger partial charge on any atom is 0.123 e. The number of hydrogen-bond acceptors (Lipinski definition) is 2. The van der Waals surface area contributed by atoms with Crippen molar-refractivity contribution in [3.63, 3.8) is 0 Å². The largest absolute Gasteiger partial charge is 0.380 e. The van der Waals surface area contributed by atoms with Crippen LogP contribution in [0.5, 0.6) is 0 Å². The van der Waals surface area contributed by atoms with Gasteiger partial charge in [0.1, 0.15) is 5.82 Å². The molecule has 2 aromatic rings. The average Bonchev–Trinajstić information content (AvgIpc) is 2.45. The number of thioether (sulfide) groups is 1. The third kappa shape index (κ3) is 4.14. The summed E-state index contributed by atoms with van der Waals surface area (Å²) < 4.78 is 12.8. The maximum absolute atomic E-state index is 12.8. The van der Waals surface area contributed by atoms with Gasteiger partial charge in [-0.15, -0.1) is 18.3 Å². The molecule has 0 radical (unpaired) electrons. The predicted molar refractivity (Wildman–Crippen MR) is 81.1 cm³/mol. The van der Waals surface area contributed by atoms with E-state index in [-0.39, 0.29) is 5.82 Å². The lowest BCUT2D eigenvalue weighted by atomic mass is 10.2. The van der Waals surface area contributed by atoms with Crippen molar-refractivity contribution in [1.82, 2.24) is 0 Å². The van der Waals surface area contributed by atoms with Gasteiger partial charge in [0, 0.05) is 22.9 Å². The number of benzene rings is 2. The van der Waals surface area contributed by atoms with Crippen LogP contribution in [0.1, 0.15) is 5.56 Å². The van der Waals surface area contributed by atoms with Crippen LogP contribution in [0.25, 0.3) is 0 Å². The van der Waals surface area contributed by atoms with Gasteiger partial charge in [-0.1, -0.05) is 30.3 Å². The molecule has 0 fully saturated rings. The van der Waals surface area contributed by atoms with Gasteiger partial charge in [-0.05, 0) is 29.8 Å². The first-order valence-electron chi connectivity index (χ1n) is 6.10. The Hall–Kier alpha value is -1.74. The van der Waals surface area contributed by atoms with E-state index in [0.29, 0.717) is 6.54 Å². The average molecular weight is 273 g/mol. The Labute approximate surface area is 117 Å². The first-order valence-corrected chi connectivity index (χ1v) is 7.09. The third-order valence-corrected chi connectivity index (χ3v) is 3.71. The molecule has 3 heteroatoms. The summed E-state index contributed by atoms with van der Waals surface area (Å²) in [4.78, 5) is 1.20. The zero-order valence-electron chi connectivity index (χ0n) is 10.6. The molecule has 0 bridgehead atoms. The number of halogens is 1. The van der Waals surface area contributed by atoms with Gasteiger partial charge < -0.3 is 5.32 Å². The van der Waals surface area contributed by atoms with E-state index in [2.05, 4.69) is 24.0 Å². The third-order valence-electron chi connectivity index (χ3n) is 2.64. The molecule has 0 aromatic heterocycles. The standard InChI is InChI=1S/C16H16FNS/c1-2-11-19-16-6-4-3-5-15(16)18-12-13-7-9-14(17)10-8-13/h2-10,18H,1,11-12H2.